The summed E-state index contributed by atoms with van der Waals surface area (Å²) in [7, 11) is 0. The third-order valence-electron chi connectivity index (χ3n) is 2.63. The van der Waals surface area contributed by atoms with Gasteiger partial charge in [0.2, 0.25) is 0 Å². The molecule has 0 bridgehead atoms. The van der Waals surface area contributed by atoms with E-state index in [1.54, 1.807) is 4.90 Å². The number of rotatable bonds is 1. The molecule has 2 atom stereocenters. The summed E-state index contributed by atoms with van der Waals surface area (Å²) in [5, 5.41) is 0. The van der Waals surface area contributed by atoms with Crippen LogP contribution in [0.5, 0.6) is 0 Å². The number of hydrogen-bond donors (Lipinski definition) is 1. The Balaban J connectivity index is 1.87. The Hall–Kier alpha value is -0.650. The Morgan fingerprint density at radius 1 is 1.43 bits per heavy atom. The molecule has 1 unspecified atom stereocenters. The Morgan fingerprint density at radius 2 is 2.29 bits per heavy atom. The minimum Gasteiger partial charge on any atom is -0.376 e. The van der Waals surface area contributed by atoms with Gasteiger partial charge in [0.15, 0.2) is 6.10 Å². The van der Waals surface area contributed by atoms with Crippen molar-refractivity contribution in [3.05, 3.63) is 0 Å². The lowest BCUT2D eigenvalue weighted by atomic mass is 10.3. The number of carbonyl (C=O) groups excluding carboxylic acids is 1. The first kappa shape index (κ1) is 9.89. The number of amides is 1. The molecule has 0 aromatic carbocycles. The first-order valence-corrected chi connectivity index (χ1v) is 5.01. The Bertz CT molecular complexity index is 209. The molecule has 0 aromatic heterocycles. The predicted molar refractivity (Wildman–Crippen MR) is 49.7 cm³/mol. The molecule has 0 radical (unpaired) electrons. The van der Waals surface area contributed by atoms with Crippen LogP contribution in [0.3, 0.4) is 0 Å². The van der Waals surface area contributed by atoms with E-state index in [0.717, 1.165) is 13.0 Å². The van der Waals surface area contributed by atoms with E-state index < -0.39 is 6.10 Å². The van der Waals surface area contributed by atoms with Crippen molar-refractivity contribution < 1.29 is 14.3 Å². The highest BCUT2D eigenvalue weighted by Gasteiger charge is 2.31. The van der Waals surface area contributed by atoms with E-state index in [1.807, 2.05) is 0 Å². The molecule has 2 saturated heterocycles. The van der Waals surface area contributed by atoms with Crippen molar-refractivity contribution in [1.29, 1.82) is 0 Å². The normalized spacial score (nSPS) is 33.4. The van der Waals surface area contributed by atoms with Gasteiger partial charge in [0.25, 0.3) is 5.91 Å². The second kappa shape index (κ2) is 4.25. The van der Waals surface area contributed by atoms with E-state index in [1.165, 1.54) is 0 Å². The van der Waals surface area contributed by atoms with E-state index in [0.29, 0.717) is 26.4 Å². The van der Waals surface area contributed by atoms with Crippen molar-refractivity contribution in [2.75, 3.05) is 32.9 Å². The van der Waals surface area contributed by atoms with Crippen molar-refractivity contribution in [2.45, 2.75) is 18.6 Å². The summed E-state index contributed by atoms with van der Waals surface area (Å²) in [6, 6.07) is 0.128. The molecular formula is C9H16N2O3. The van der Waals surface area contributed by atoms with E-state index in [4.69, 9.17) is 15.2 Å². The number of hydrogen-bond acceptors (Lipinski definition) is 4. The summed E-state index contributed by atoms with van der Waals surface area (Å²) >= 11 is 0. The fraction of sp³-hybridized carbons (Fsp3) is 0.889. The van der Waals surface area contributed by atoms with Gasteiger partial charge in [-0.1, -0.05) is 0 Å². The van der Waals surface area contributed by atoms with Crippen LogP contribution >= 0.6 is 0 Å². The number of carbonyl (C=O) groups is 1. The van der Waals surface area contributed by atoms with E-state index in [-0.39, 0.29) is 11.9 Å². The van der Waals surface area contributed by atoms with Gasteiger partial charge in [-0.2, -0.15) is 0 Å². The van der Waals surface area contributed by atoms with Gasteiger partial charge in [0, 0.05) is 19.1 Å². The molecule has 2 N–H and O–H groups in total. The summed E-state index contributed by atoms with van der Waals surface area (Å²) in [6.45, 7) is 2.88. The fourth-order valence-corrected chi connectivity index (χ4v) is 1.82. The topological polar surface area (TPSA) is 64.8 Å². The molecule has 2 rings (SSSR count). The van der Waals surface area contributed by atoms with Crippen LogP contribution in [0.25, 0.3) is 0 Å². The van der Waals surface area contributed by atoms with Gasteiger partial charge in [0.1, 0.15) is 0 Å². The molecule has 0 spiro atoms. The highest BCUT2D eigenvalue weighted by molar-refractivity contribution is 5.81. The highest BCUT2D eigenvalue weighted by Crippen LogP contribution is 2.11. The van der Waals surface area contributed by atoms with Crippen LogP contribution in [0.1, 0.15) is 6.42 Å². The number of nitrogens with two attached hydrogens (primary N) is 1. The van der Waals surface area contributed by atoms with Crippen LogP contribution in [-0.4, -0.2) is 55.9 Å². The summed E-state index contributed by atoms with van der Waals surface area (Å²) < 4.78 is 10.5. The number of ether oxygens (including phenoxy) is 2. The van der Waals surface area contributed by atoms with Gasteiger partial charge in [-0.05, 0) is 6.42 Å². The third-order valence-corrected chi connectivity index (χ3v) is 2.63. The van der Waals surface area contributed by atoms with Gasteiger partial charge >= 0.3 is 0 Å². The molecular weight excluding hydrogens is 184 g/mol. The second-order valence-electron chi connectivity index (χ2n) is 3.77. The quantitative estimate of drug-likeness (QED) is 0.587. The maximum absolute atomic E-state index is 11.8. The zero-order valence-corrected chi connectivity index (χ0v) is 8.15. The van der Waals surface area contributed by atoms with Gasteiger partial charge in [-0.15, -0.1) is 0 Å². The Morgan fingerprint density at radius 3 is 2.86 bits per heavy atom. The van der Waals surface area contributed by atoms with E-state index >= 15 is 0 Å². The monoisotopic (exact) mass is 200 g/mol. The Labute approximate surface area is 83.1 Å². The van der Waals surface area contributed by atoms with Crippen LogP contribution in [0, 0.1) is 0 Å². The molecule has 2 fully saturated rings. The lowest BCUT2D eigenvalue weighted by Gasteiger charge is -2.26. The van der Waals surface area contributed by atoms with E-state index in [9.17, 15) is 4.79 Å². The summed E-state index contributed by atoms with van der Waals surface area (Å²) in [6.07, 6.45) is 0.480. The molecule has 2 heterocycles. The molecule has 0 aliphatic carbocycles. The number of nitrogens with zero attached hydrogens (tertiary/aromatic N) is 1. The zero-order valence-electron chi connectivity index (χ0n) is 8.15. The summed E-state index contributed by atoms with van der Waals surface area (Å²) in [4.78, 5) is 13.6. The van der Waals surface area contributed by atoms with Crippen molar-refractivity contribution in [1.82, 2.24) is 4.90 Å². The zero-order chi connectivity index (χ0) is 9.97. The van der Waals surface area contributed by atoms with E-state index in [2.05, 4.69) is 0 Å². The van der Waals surface area contributed by atoms with Crippen LogP contribution in [0.4, 0.5) is 0 Å². The van der Waals surface area contributed by atoms with Crippen molar-refractivity contribution in [2.24, 2.45) is 5.73 Å². The minimum absolute atomic E-state index is 0.0256. The first-order valence-electron chi connectivity index (χ1n) is 5.01. The van der Waals surface area contributed by atoms with Gasteiger partial charge in [-0.25, -0.2) is 0 Å². The van der Waals surface area contributed by atoms with Crippen LogP contribution in [-0.2, 0) is 14.3 Å². The molecule has 0 saturated carbocycles. The molecule has 5 heteroatoms. The maximum Gasteiger partial charge on any atom is 0.254 e. The standard InChI is InChI=1S/C9H16N2O3/c10-7-1-2-11(5-7)9(12)8-6-13-3-4-14-8/h7-8H,1-6,10H2/t7-,8?/m0/s1. The summed E-state index contributed by atoms with van der Waals surface area (Å²) in [5.74, 6) is 0.0256. The number of likely N-dealkylation sites (tertiary alicyclic amines) is 1. The van der Waals surface area contributed by atoms with Gasteiger partial charge < -0.3 is 20.1 Å². The summed E-state index contributed by atoms with van der Waals surface area (Å²) in [5.41, 5.74) is 5.73. The smallest absolute Gasteiger partial charge is 0.254 e. The largest absolute Gasteiger partial charge is 0.376 e. The van der Waals surface area contributed by atoms with Crippen molar-refractivity contribution in [3.8, 4) is 0 Å². The predicted octanol–water partition coefficient (Wildman–Crippen LogP) is -1.04. The second-order valence-corrected chi connectivity index (χ2v) is 3.77. The van der Waals surface area contributed by atoms with Crippen LogP contribution < -0.4 is 5.73 Å². The SMILES string of the molecule is N[C@H]1CCN(C(=O)C2COCCO2)C1. The van der Waals surface area contributed by atoms with Crippen molar-refractivity contribution >= 4 is 5.91 Å². The lowest BCUT2D eigenvalue weighted by Crippen LogP contribution is -2.45. The molecule has 14 heavy (non-hydrogen) atoms. The third kappa shape index (κ3) is 2.05. The maximum atomic E-state index is 11.8. The van der Waals surface area contributed by atoms with Gasteiger partial charge in [0.05, 0.1) is 19.8 Å². The molecule has 0 aromatic rings. The van der Waals surface area contributed by atoms with Crippen molar-refractivity contribution in [3.63, 3.8) is 0 Å². The molecule has 1 amide bonds. The molecule has 80 valence electrons. The van der Waals surface area contributed by atoms with Crippen LogP contribution in [0.15, 0.2) is 0 Å². The molecule has 2 aliphatic rings. The fourth-order valence-electron chi connectivity index (χ4n) is 1.82. The Kier molecular flexibility index (Phi) is 3.00. The van der Waals surface area contributed by atoms with Crippen LogP contribution in [0.2, 0.25) is 0 Å². The highest BCUT2D eigenvalue weighted by atomic mass is 16.6. The molecule has 5 nitrogen and oxygen atoms in total. The van der Waals surface area contributed by atoms with Gasteiger partial charge in [-0.3, -0.25) is 4.79 Å². The average molecular weight is 200 g/mol. The lowest BCUT2D eigenvalue weighted by molar-refractivity contribution is -0.156. The first-order chi connectivity index (χ1) is 6.77. The minimum atomic E-state index is -0.408. The molecule has 2 aliphatic heterocycles. The average Bonchev–Trinajstić information content (AvgIpc) is 2.65.